The summed E-state index contributed by atoms with van der Waals surface area (Å²) in [6, 6.07) is 2.06. The van der Waals surface area contributed by atoms with Crippen LogP contribution in [0.1, 0.15) is 20.8 Å². The van der Waals surface area contributed by atoms with Gasteiger partial charge in [0, 0.05) is 20.6 Å². The van der Waals surface area contributed by atoms with Crippen molar-refractivity contribution in [2.75, 3.05) is 33.8 Å². The number of carbonyl (C=O) groups is 1. The van der Waals surface area contributed by atoms with Crippen molar-refractivity contribution in [2.24, 2.45) is 20.9 Å². The highest BCUT2D eigenvalue weighted by Crippen LogP contribution is 2.16. The summed E-state index contributed by atoms with van der Waals surface area (Å²) in [5.41, 5.74) is 0.282. The van der Waals surface area contributed by atoms with Gasteiger partial charge in [-0.1, -0.05) is 0 Å². The molecule has 1 rings (SSSR count). The van der Waals surface area contributed by atoms with E-state index in [0.29, 0.717) is 5.70 Å². The molecule has 0 saturated heterocycles. The van der Waals surface area contributed by atoms with Crippen molar-refractivity contribution in [3.05, 3.63) is 11.3 Å². The fourth-order valence-electron chi connectivity index (χ4n) is 1.81. The first-order chi connectivity index (χ1) is 12.2. The van der Waals surface area contributed by atoms with Crippen LogP contribution in [0.15, 0.2) is 26.4 Å². The molecular weight excluding hydrogens is 338 g/mol. The van der Waals surface area contributed by atoms with Gasteiger partial charge in [0.15, 0.2) is 0 Å². The molecule has 3 N–H and O–H groups in total. The maximum Gasteiger partial charge on any atom is 0.407 e. The van der Waals surface area contributed by atoms with E-state index in [9.17, 15) is 10.1 Å². The zero-order valence-corrected chi connectivity index (χ0v) is 15.7. The minimum absolute atomic E-state index is 0.0580. The summed E-state index contributed by atoms with van der Waals surface area (Å²) in [7, 11) is 3.62. The third-order valence-electron chi connectivity index (χ3n) is 2.80. The van der Waals surface area contributed by atoms with Crippen LogP contribution in [0.3, 0.4) is 0 Å². The van der Waals surface area contributed by atoms with Gasteiger partial charge in [0.25, 0.3) is 5.90 Å². The highest BCUT2D eigenvalue weighted by molar-refractivity contribution is 6.47. The molecule has 26 heavy (non-hydrogen) atoms. The van der Waals surface area contributed by atoms with Gasteiger partial charge in [-0.25, -0.2) is 9.79 Å². The zero-order valence-electron chi connectivity index (χ0n) is 15.7. The number of carbonyl (C=O) groups excluding carboxylic acids is 1. The van der Waals surface area contributed by atoms with Gasteiger partial charge >= 0.3 is 6.09 Å². The number of nitrogens with zero attached hydrogens (tertiary/aromatic N) is 5. The lowest BCUT2D eigenvalue weighted by molar-refractivity contribution is 0.0529. The summed E-state index contributed by atoms with van der Waals surface area (Å²) < 4.78 is 10.5. The fraction of sp³-hybridized carbons (Fsp3) is 0.562. The van der Waals surface area contributed by atoms with Crippen molar-refractivity contribution in [2.45, 2.75) is 26.4 Å². The van der Waals surface area contributed by atoms with Gasteiger partial charge in [0.05, 0.1) is 18.6 Å². The lowest BCUT2D eigenvalue weighted by atomic mass is 10.1. The van der Waals surface area contributed by atoms with Gasteiger partial charge in [0.2, 0.25) is 0 Å². The first kappa shape index (κ1) is 21.0. The molecule has 0 radical (unpaired) electrons. The molecule has 1 heterocycles. The van der Waals surface area contributed by atoms with E-state index in [1.807, 2.05) is 14.1 Å². The maximum absolute atomic E-state index is 11.6. The molecule has 0 unspecified atom stereocenters. The molecule has 0 fully saturated rings. The first-order valence-electron chi connectivity index (χ1n) is 7.94. The summed E-state index contributed by atoms with van der Waals surface area (Å²) >= 11 is 0. The first-order valence-corrected chi connectivity index (χ1v) is 7.94. The number of hydrogen-bond acceptors (Lipinski definition) is 8. The Morgan fingerprint density at radius 1 is 1.50 bits per heavy atom. The van der Waals surface area contributed by atoms with Crippen molar-refractivity contribution in [1.82, 2.24) is 10.2 Å². The standard InChI is InChI=1S/C16H25N7O3/c1-16(2,3)26-15(24)20-7-6-19-13-11(8-17)12(21-10-23(4)5)9-25-14(13)22-18/h10H,6-7,9,18H2,1-5H3,(H,20,24). The molecule has 10 nitrogen and oxygen atoms in total. The van der Waals surface area contributed by atoms with E-state index in [4.69, 9.17) is 15.3 Å². The number of hydrazone groups is 1. The van der Waals surface area contributed by atoms with E-state index in [-0.39, 0.29) is 36.9 Å². The van der Waals surface area contributed by atoms with Crippen LogP contribution >= 0.6 is 0 Å². The summed E-state index contributed by atoms with van der Waals surface area (Å²) in [6.45, 7) is 5.79. The number of alkyl carbamates (subject to hydrolysis) is 1. The average Bonchev–Trinajstić information content (AvgIpc) is 2.54. The summed E-state index contributed by atoms with van der Waals surface area (Å²) in [5, 5.41) is 15.6. The Morgan fingerprint density at radius 3 is 2.73 bits per heavy atom. The third kappa shape index (κ3) is 6.80. The zero-order chi connectivity index (χ0) is 19.7. The third-order valence-corrected chi connectivity index (χ3v) is 2.80. The van der Waals surface area contributed by atoms with Gasteiger partial charge < -0.3 is 25.5 Å². The number of hydrogen-bond donors (Lipinski definition) is 2. The molecule has 142 valence electrons. The van der Waals surface area contributed by atoms with E-state index in [0.717, 1.165) is 0 Å². The topological polar surface area (TPSA) is 138 Å². The SMILES string of the molecule is CN(C)C=NC1=C(C#N)C(=NCCNC(=O)OC(C)(C)C)C(=NN)OC1. The maximum atomic E-state index is 11.6. The monoisotopic (exact) mass is 363 g/mol. The van der Waals surface area contributed by atoms with Crippen molar-refractivity contribution in [3.8, 4) is 6.07 Å². The average molecular weight is 363 g/mol. The van der Waals surface area contributed by atoms with Gasteiger partial charge in [-0.2, -0.15) is 5.26 Å². The molecule has 10 heteroatoms. The largest absolute Gasteiger partial charge is 0.469 e. The van der Waals surface area contributed by atoms with Gasteiger partial charge in [-0.15, -0.1) is 5.10 Å². The van der Waals surface area contributed by atoms with E-state index < -0.39 is 11.7 Å². The van der Waals surface area contributed by atoms with Crippen LogP contribution in [0, 0.1) is 11.3 Å². The van der Waals surface area contributed by atoms with E-state index in [1.54, 1.807) is 32.0 Å². The molecule has 0 aromatic rings. The Morgan fingerprint density at radius 2 is 2.19 bits per heavy atom. The predicted octanol–water partition coefficient (Wildman–Crippen LogP) is 0.622. The van der Waals surface area contributed by atoms with E-state index >= 15 is 0 Å². The second-order valence-corrected chi connectivity index (χ2v) is 6.52. The molecule has 1 amide bonds. The van der Waals surface area contributed by atoms with Crippen LogP contribution in [-0.4, -0.2) is 68.3 Å². The molecule has 0 spiro atoms. The highest BCUT2D eigenvalue weighted by Gasteiger charge is 2.26. The Bertz CT molecular complexity index is 679. The lowest BCUT2D eigenvalue weighted by Gasteiger charge is -2.20. The highest BCUT2D eigenvalue weighted by atomic mass is 16.6. The van der Waals surface area contributed by atoms with Gasteiger partial charge in [0.1, 0.15) is 29.6 Å². The lowest BCUT2D eigenvalue weighted by Crippen LogP contribution is -2.34. The fourth-order valence-corrected chi connectivity index (χ4v) is 1.81. The van der Waals surface area contributed by atoms with Crippen molar-refractivity contribution < 1.29 is 14.3 Å². The van der Waals surface area contributed by atoms with Crippen LogP contribution < -0.4 is 11.2 Å². The quantitative estimate of drug-likeness (QED) is 0.241. The van der Waals surface area contributed by atoms with Crippen molar-refractivity contribution in [3.63, 3.8) is 0 Å². The van der Waals surface area contributed by atoms with Crippen LogP contribution in [0.4, 0.5) is 4.79 Å². The molecule has 0 bridgehead atoms. The molecule has 0 aromatic carbocycles. The van der Waals surface area contributed by atoms with Gasteiger partial charge in [-0.3, -0.25) is 4.99 Å². The number of aliphatic imine (C=N–C) groups is 2. The number of nitrogens with two attached hydrogens (primary N) is 1. The van der Waals surface area contributed by atoms with Crippen molar-refractivity contribution >= 4 is 24.0 Å². The van der Waals surface area contributed by atoms with E-state index in [1.165, 1.54) is 0 Å². The van der Waals surface area contributed by atoms with Crippen LogP contribution in [0.2, 0.25) is 0 Å². The second kappa shape index (κ2) is 9.41. The normalized spacial score (nSPS) is 18.0. The molecule has 0 aliphatic carbocycles. The Kier molecular flexibility index (Phi) is 7.58. The Balaban J connectivity index is 2.88. The number of nitrogens with one attached hydrogen (secondary N) is 1. The summed E-state index contributed by atoms with van der Waals surface area (Å²) in [4.78, 5) is 21.8. The number of nitriles is 1. The van der Waals surface area contributed by atoms with Gasteiger partial charge in [-0.05, 0) is 20.8 Å². The number of amides is 1. The molecule has 0 atom stereocenters. The number of ether oxygens (including phenoxy) is 2. The summed E-state index contributed by atoms with van der Waals surface area (Å²) in [6.07, 6.45) is 1.01. The molecular formula is C16H25N7O3. The molecule has 0 saturated carbocycles. The minimum atomic E-state index is -0.581. The minimum Gasteiger partial charge on any atom is -0.469 e. The van der Waals surface area contributed by atoms with E-state index in [2.05, 4.69) is 26.5 Å². The van der Waals surface area contributed by atoms with Crippen LogP contribution in [0.5, 0.6) is 0 Å². The second-order valence-electron chi connectivity index (χ2n) is 6.52. The molecule has 1 aliphatic rings. The van der Waals surface area contributed by atoms with Crippen LogP contribution in [-0.2, 0) is 9.47 Å². The Hall–Kier alpha value is -3.09. The van der Waals surface area contributed by atoms with Crippen LogP contribution in [0.25, 0.3) is 0 Å². The predicted molar refractivity (Wildman–Crippen MR) is 98.9 cm³/mol. The van der Waals surface area contributed by atoms with Crippen molar-refractivity contribution in [1.29, 1.82) is 5.26 Å². The smallest absolute Gasteiger partial charge is 0.407 e. The molecule has 0 aromatic heterocycles. The number of rotatable bonds is 5. The molecule has 1 aliphatic heterocycles. The summed E-state index contributed by atoms with van der Waals surface area (Å²) in [5.74, 6) is 5.37. The Labute approximate surface area is 153 Å².